The van der Waals surface area contributed by atoms with Gasteiger partial charge in [-0.1, -0.05) is 0 Å². The maximum Gasteiger partial charge on any atom is 0.336 e. The first-order valence-corrected chi connectivity index (χ1v) is 8.14. The summed E-state index contributed by atoms with van der Waals surface area (Å²) in [7, 11) is 1.63. The van der Waals surface area contributed by atoms with Crippen LogP contribution in [-0.4, -0.2) is 12.2 Å². The highest BCUT2D eigenvalue weighted by Gasteiger charge is 2.06. The van der Waals surface area contributed by atoms with Gasteiger partial charge in [-0.25, -0.2) is 4.79 Å². The van der Waals surface area contributed by atoms with Gasteiger partial charge in [0, 0.05) is 28.9 Å². The van der Waals surface area contributed by atoms with E-state index in [0.717, 1.165) is 33.6 Å². The summed E-state index contributed by atoms with van der Waals surface area (Å²) >= 11 is 5.37. The Balaban J connectivity index is 1.79. The van der Waals surface area contributed by atoms with E-state index in [9.17, 15) is 4.79 Å². The van der Waals surface area contributed by atoms with Gasteiger partial charge < -0.3 is 19.8 Å². The SMILES string of the molecule is COc1ccc(NC(=S)Nc2ccc3c(C)cc(=O)oc3c2)c(C)c1. The van der Waals surface area contributed by atoms with Crippen molar-refractivity contribution in [2.45, 2.75) is 13.8 Å². The van der Waals surface area contributed by atoms with Crippen molar-refractivity contribution in [3.63, 3.8) is 0 Å². The average molecular weight is 354 g/mol. The summed E-state index contributed by atoms with van der Waals surface area (Å²) in [6.45, 7) is 3.85. The first kappa shape index (κ1) is 17.0. The van der Waals surface area contributed by atoms with Crippen molar-refractivity contribution in [1.29, 1.82) is 0 Å². The van der Waals surface area contributed by atoms with E-state index in [4.69, 9.17) is 21.4 Å². The van der Waals surface area contributed by atoms with Crippen LogP contribution in [0.2, 0.25) is 0 Å². The number of nitrogens with one attached hydrogen (secondary N) is 2. The van der Waals surface area contributed by atoms with Gasteiger partial charge in [0.05, 0.1) is 7.11 Å². The Bertz CT molecular complexity index is 1010. The quantitative estimate of drug-likeness (QED) is 0.542. The lowest BCUT2D eigenvalue weighted by atomic mass is 10.1. The smallest absolute Gasteiger partial charge is 0.336 e. The van der Waals surface area contributed by atoms with Crippen LogP contribution in [0.3, 0.4) is 0 Å². The van der Waals surface area contributed by atoms with Crippen LogP contribution in [0.5, 0.6) is 5.75 Å². The fourth-order valence-corrected chi connectivity index (χ4v) is 2.82. The molecule has 0 spiro atoms. The molecule has 0 atom stereocenters. The van der Waals surface area contributed by atoms with Crippen LogP contribution in [0.4, 0.5) is 11.4 Å². The molecule has 6 heteroatoms. The van der Waals surface area contributed by atoms with Crippen molar-refractivity contribution in [2.24, 2.45) is 0 Å². The fourth-order valence-electron chi connectivity index (χ4n) is 2.59. The molecular formula is C19H18N2O3S. The number of benzene rings is 2. The molecule has 0 saturated heterocycles. The lowest BCUT2D eigenvalue weighted by Gasteiger charge is -2.13. The molecule has 128 valence electrons. The highest BCUT2D eigenvalue weighted by atomic mass is 32.1. The van der Waals surface area contributed by atoms with E-state index in [1.54, 1.807) is 13.2 Å². The van der Waals surface area contributed by atoms with Crippen LogP contribution in [0, 0.1) is 13.8 Å². The second-order valence-electron chi connectivity index (χ2n) is 5.72. The van der Waals surface area contributed by atoms with E-state index in [-0.39, 0.29) is 5.63 Å². The molecule has 0 aliphatic carbocycles. The number of fused-ring (bicyclic) bond motifs is 1. The summed E-state index contributed by atoms with van der Waals surface area (Å²) in [5.41, 5.74) is 3.69. The largest absolute Gasteiger partial charge is 0.497 e. The maximum atomic E-state index is 11.5. The summed E-state index contributed by atoms with van der Waals surface area (Å²) in [6.07, 6.45) is 0. The first-order chi connectivity index (χ1) is 12.0. The minimum absolute atomic E-state index is 0.364. The third kappa shape index (κ3) is 3.80. The molecule has 0 fully saturated rings. The highest BCUT2D eigenvalue weighted by Crippen LogP contribution is 2.23. The minimum atomic E-state index is -0.364. The van der Waals surface area contributed by atoms with Gasteiger partial charge in [0.1, 0.15) is 11.3 Å². The van der Waals surface area contributed by atoms with Gasteiger partial charge in [-0.3, -0.25) is 0 Å². The lowest BCUT2D eigenvalue weighted by molar-refractivity contribution is 0.414. The summed E-state index contributed by atoms with van der Waals surface area (Å²) in [5.74, 6) is 0.793. The monoisotopic (exact) mass is 354 g/mol. The molecule has 0 aliphatic heterocycles. The molecule has 1 aromatic heterocycles. The highest BCUT2D eigenvalue weighted by molar-refractivity contribution is 7.80. The number of methoxy groups -OCH3 is 1. The van der Waals surface area contributed by atoms with E-state index < -0.39 is 0 Å². The Hall–Kier alpha value is -2.86. The molecule has 3 rings (SSSR count). The predicted octanol–water partition coefficient (Wildman–Crippen LogP) is 4.23. The van der Waals surface area contributed by atoms with Gasteiger partial charge in [-0.15, -0.1) is 0 Å². The number of thiocarbonyl (C=S) groups is 1. The molecule has 0 radical (unpaired) electrons. The van der Waals surface area contributed by atoms with Gasteiger partial charge in [-0.05, 0) is 67.5 Å². The molecule has 0 aliphatic rings. The molecule has 5 nitrogen and oxygen atoms in total. The van der Waals surface area contributed by atoms with E-state index in [0.29, 0.717) is 10.7 Å². The first-order valence-electron chi connectivity index (χ1n) is 7.73. The molecule has 1 heterocycles. The Morgan fingerprint density at radius 2 is 1.84 bits per heavy atom. The lowest BCUT2D eigenvalue weighted by Crippen LogP contribution is -2.19. The molecule has 2 N–H and O–H groups in total. The second-order valence-corrected chi connectivity index (χ2v) is 6.13. The van der Waals surface area contributed by atoms with Crippen LogP contribution in [0.15, 0.2) is 51.7 Å². The molecule has 0 saturated carbocycles. The molecule has 0 amide bonds. The van der Waals surface area contributed by atoms with Crippen LogP contribution >= 0.6 is 12.2 Å². The van der Waals surface area contributed by atoms with Crippen LogP contribution in [0.25, 0.3) is 11.0 Å². The molecule has 0 unspecified atom stereocenters. The molecule has 2 aromatic carbocycles. The molecule has 25 heavy (non-hydrogen) atoms. The molecule has 0 bridgehead atoms. The second kappa shape index (κ2) is 6.94. The summed E-state index contributed by atoms with van der Waals surface area (Å²) in [4.78, 5) is 11.5. The number of aryl methyl sites for hydroxylation is 2. The van der Waals surface area contributed by atoms with Crippen LogP contribution in [-0.2, 0) is 0 Å². The summed E-state index contributed by atoms with van der Waals surface area (Å²) < 4.78 is 10.5. The molecular weight excluding hydrogens is 336 g/mol. The van der Waals surface area contributed by atoms with E-state index in [1.807, 2.05) is 44.2 Å². The zero-order valence-corrected chi connectivity index (χ0v) is 15.0. The third-order valence-electron chi connectivity index (χ3n) is 3.89. The van der Waals surface area contributed by atoms with E-state index in [2.05, 4.69) is 10.6 Å². The maximum absolute atomic E-state index is 11.5. The number of hydrogen-bond acceptors (Lipinski definition) is 4. The average Bonchev–Trinajstić information content (AvgIpc) is 2.56. The van der Waals surface area contributed by atoms with Gasteiger partial charge in [0.15, 0.2) is 5.11 Å². The summed E-state index contributed by atoms with van der Waals surface area (Å²) in [5, 5.41) is 7.60. The van der Waals surface area contributed by atoms with E-state index >= 15 is 0 Å². The van der Waals surface area contributed by atoms with Crippen molar-refractivity contribution < 1.29 is 9.15 Å². The topological polar surface area (TPSA) is 63.5 Å². The van der Waals surface area contributed by atoms with Gasteiger partial charge in [0.25, 0.3) is 0 Å². The van der Waals surface area contributed by atoms with Crippen LogP contribution in [0.1, 0.15) is 11.1 Å². The van der Waals surface area contributed by atoms with Crippen molar-refractivity contribution in [3.8, 4) is 5.75 Å². The van der Waals surface area contributed by atoms with Crippen molar-refractivity contribution >= 4 is 39.7 Å². The normalized spacial score (nSPS) is 10.5. The zero-order chi connectivity index (χ0) is 18.0. The standard InChI is InChI=1S/C19H18N2O3S/c1-11-9-18(22)24-17-10-13(4-6-15(11)17)20-19(25)21-16-7-5-14(23-3)8-12(16)2/h4-10H,1-3H3,(H2,20,21,25). The molecule has 3 aromatic rings. The third-order valence-corrected chi connectivity index (χ3v) is 4.10. The fraction of sp³-hybridized carbons (Fsp3) is 0.158. The van der Waals surface area contributed by atoms with Crippen LogP contribution < -0.4 is 21.0 Å². The number of anilines is 2. The van der Waals surface area contributed by atoms with Crippen molar-refractivity contribution in [2.75, 3.05) is 17.7 Å². The van der Waals surface area contributed by atoms with Crippen molar-refractivity contribution in [1.82, 2.24) is 0 Å². The van der Waals surface area contributed by atoms with Gasteiger partial charge >= 0.3 is 5.63 Å². The predicted molar refractivity (Wildman–Crippen MR) is 105 cm³/mol. The number of rotatable bonds is 3. The Labute approximate surface area is 150 Å². The van der Waals surface area contributed by atoms with Gasteiger partial charge in [0.2, 0.25) is 0 Å². The Morgan fingerprint density at radius 3 is 2.56 bits per heavy atom. The number of hydrogen-bond donors (Lipinski definition) is 2. The summed E-state index contributed by atoms with van der Waals surface area (Å²) in [6, 6.07) is 12.7. The van der Waals surface area contributed by atoms with E-state index in [1.165, 1.54) is 6.07 Å². The zero-order valence-electron chi connectivity index (χ0n) is 14.2. The van der Waals surface area contributed by atoms with Gasteiger partial charge in [-0.2, -0.15) is 0 Å². The van der Waals surface area contributed by atoms with Crippen molar-refractivity contribution in [3.05, 3.63) is 64.0 Å². The minimum Gasteiger partial charge on any atom is -0.497 e. The number of ether oxygens (including phenoxy) is 1. The Kier molecular flexibility index (Phi) is 4.72. The Morgan fingerprint density at radius 1 is 1.04 bits per heavy atom.